The molecule has 0 atom stereocenters. The Bertz CT molecular complexity index is 417. The maximum atomic E-state index is 13.5. The van der Waals surface area contributed by atoms with Gasteiger partial charge in [-0.3, -0.25) is 4.90 Å². The van der Waals surface area contributed by atoms with Crippen LogP contribution in [0, 0.1) is 11.7 Å². The highest BCUT2D eigenvalue weighted by atomic mass is 79.9. The van der Waals surface area contributed by atoms with Gasteiger partial charge in [0.1, 0.15) is 5.82 Å². The Morgan fingerprint density at radius 2 is 2.10 bits per heavy atom. The molecule has 2 rings (SSSR count). The van der Waals surface area contributed by atoms with E-state index in [-0.39, 0.29) is 5.82 Å². The number of hydrogen-bond acceptors (Lipinski definition) is 2. The van der Waals surface area contributed by atoms with Crippen LogP contribution in [0.1, 0.15) is 31.7 Å². The van der Waals surface area contributed by atoms with Gasteiger partial charge in [0, 0.05) is 6.54 Å². The molecule has 0 bridgehead atoms. The molecule has 0 unspecified atom stereocenters. The van der Waals surface area contributed by atoms with Crippen LogP contribution in [0.25, 0.3) is 0 Å². The van der Waals surface area contributed by atoms with E-state index in [1.807, 2.05) is 6.07 Å². The maximum Gasteiger partial charge on any atom is 0.137 e. The minimum atomic E-state index is -0.166. The fourth-order valence-corrected chi connectivity index (χ4v) is 3.13. The third-order valence-corrected chi connectivity index (χ3v) is 4.88. The summed E-state index contributed by atoms with van der Waals surface area (Å²) in [5.74, 6) is 0.634. The molecule has 1 saturated heterocycles. The Kier molecular flexibility index (Phi) is 6.46. The molecule has 0 spiro atoms. The number of nitrogens with one attached hydrogen (secondary N) is 1. The van der Waals surface area contributed by atoms with E-state index in [4.69, 9.17) is 0 Å². The van der Waals surface area contributed by atoms with Crippen LogP contribution in [0.4, 0.5) is 4.39 Å². The normalized spacial score (nSPS) is 17.6. The van der Waals surface area contributed by atoms with E-state index in [0.29, 0.717) is 4.47 Å². The molecule has 4 heteroatoms. The summed E-state index contributed by atoms with van der Waals surface area (Å²) in [7, 11) is 0. The predicted molar refractivity (Wildman–Crippen MR) is 85.3 cm³/mol. The fourth-order valence-electron chi connectivity index (χ4n) is 2.74. The number of halogens is 2. The first-order chi connectivity index (χ1) is 9.70. The Morgan fingerprint density at radius 1 is 1.35 bits per heavy atom. The van der Waals surface area contributed by atoms with E-state index >= 15 is 0 Å². The summed E-state index contributed by atoms with van der Waals surface area (Å²) in [6.07, 6.45) is 3.68. The van der Waals surface area contributed by atoms with Crippen molar-refractivity contribution in [3.8, 4) is 0 Å². The van der Waals surface area contributed by atoms with Crippen molar-refractivity contribution in [3.05, 3.63) is 34.1 Å². The van der Waals surface area contributed by atoms with Crippen LogP contribution in [0.15, 0.2) is 22.7 Å². The third kappa shape index (κ3) is 4.54. The number of benzene rings is 1. The van der Waals surface area contributed by atoms with Crippen molar-refractivity contribution >= 4 is 15.9 Å². The van der Waals surface area contributed by atoms with Gasteiger partial charge < -0.3 is 5.32 Å². The maximum absolute atomic E-state index is 13.5. The molecule has 1 aliphatic rings. The number of piperidine rings is 1. The molecule has 0 radical (unpaired) electrons. The zero-order valence-electron chi connectivity index (χ0n) is 12.2. The van der Waals surface area contributed by atoms with E-state index in [1.165, 1.54) is 25.3 Å². The molecule has 2 nitrogen and oxygen atoms in total. The van der Waals surface area contributed by atoms with Crippen LogP contribution in [0.5, 0.6) is 0 Å². The van der Waals surface area contributed by atoms with Crippen LogP contribution in [0.2, 0.25) is 0 Å². The fraction of sp³-hybridized carbons (Fsp3) is 0.625. The molecule has 0 saturated carbocycles. The first-order valence-electron chi connectivity index (χ1n) is 7.56. The largest absolute Gasteiger partial charge is 0.316 e. The molecule has 0 aliphatic carbocycles. The molecule has 1 fully saturated rings. The summed E-state index contributed by atoms with van der Waals surface area (Å²) in [5.41, 5.74) is 1.05. The van der Waals surface area contributed by atoms with Gasteiger partial charge in [0.25, 0.3) is 0 Å². The van der Waals surface area contributed by atoms with Crippen LogP contribution in [0.3, 0.4) is 0 Å². The van der Waals surface area contributed by atoms with Crippen molar-refractivity contribution in [3.63, 3.8) is 0 Å². The number of nitrogens with zero attached hydrogens (tertiary/aromatic N) is 1. The molecule has 0 aromatic heterocycles. The van der Waals surface area contributed by atoms with E-state index in [1.54, 1.807) is 6.07 Å². The summed E-state index contributed by atoms with van der Waals surface area (Å²) in [6, 6.07) is 5.29. The monoisotopic (exact) mass is 342 g/mol. The van der Waals surface area contributed by atoms with Gasteiger partial charge in [-0.1, -0.05) is 19.1 Å². The van der Waals surface area contributed by atoms with Gasteiger partial charge in [0.2, 0.25) is 0 Å². The number of hydrogen-bond donors (Lipinski definition) is 1. The van der Waals surface area contributed by atoms with Crippen molar-refractivity contribution in [2.24, 2.45) is 5.92 Å². The summed E-state index contributed by atoms with van der Waals surface area (Å²) in [5, 5.41) is 3.51. The van der Waals surface area contributed by atoms with Gasteiger partial charge in [-0.15, -0.1) is 0 Å². The molecule has 1 N–H and O–H groups in total. The third-order valence-electron chi connectivity index (χ3n) is 3.99. The van der Waals surface area contributed by atoms with Crippen LogP contribution < -0.4 is 5.32 Å². The summed E-state index contributed by atoms with van der Waals surface area (Å²) < 4.78 is 14.1. The SMILES string of the molecule is CCCNCC1CCN(Cc2cccc(F)c2Br)CC1. The van der Waals surface area contributed by atoms with E-state index in [9.17, 15) is 4.39 Å². The van der Waals surface area contributed by atoms with Crippen molar-refractivity contribution in [1.29, 1.82) is 0 Å². The van der Waals surface area contributed by atoms with E-state index in [0.717, 1.165) is 44.2 Å². The van der Waals surface area contributed by atoms with Gasteiger partial charge in [-0.2, -0.15) is 0 Å². The lowest BCUT2D eigenvalue weighted by Gasteiger charge is -2.32. The van der Waals surface area contributed by atoms with Crippen LogP contribution >= 0.6 is 15.9 Å². The van der Waals surface area contributed by atoms with Gasteiger partial charge >= 0.3 is 0 Å². The van der Waals surface area contributed by atoms with Crippen LogP contribution in [-0.2, 0) is 6.54 Å². The Balaban J connectivity index is 1.78. The number of likely N-dealkylation sites (tertiary alicyclic amines) is 1. The van der Waals surface area contributed by atoms with Crippen molar-refractivity contribution in [2.75, 3.05) is 26.2 Å². The molecule has 112 valence electrons. The number of rotatable bonds is 6. The van der Waals surface area contributed by atoms with Gasteiger partial charge in [-0.05, 0) is 78.9 Å². The van der Waals surface area contributed by atoms with Gasteiger partial charge in [0.15, 0.2) is 0 Å². The molecule has 1 aromatic rings. The Morgan fingerprint density at radius 3 is 2.80 bits per heavy atom. The molecule has 0 amide bonds. The molecule has 20 heavy (non-hydrogen) atoms. The average Bonchev–Trinajstić information content (AvgIpc) is 2.46. The summed E-state index contributed by atoms with van der Waals surface area (Å²) >= 11 is 3.35. The van der Waals surface area contributed by atoms with Gasteiger partial charge in [0.05, 0.1) is 4.47 Å². The molecular weight excluding hydrogens is 319 g/mol. The standard InChI is InChI=1S/C16H24BrFN2/c1-2-8-19-11-13-6-9-20(10-7-13)12-14-4-3-5-15(18)16(14)17/h3-5,13,19H,2,6-12H2,1H3. The van der Waals surface area contributed by atoms with Gasteiger partial charge in [-0.25, -0.2) is 4.39 Å². The lowest BCUT2D eigenvalue weighted by molar-refractivity contribution is 0.175. The highest BCUT2D eigenvalue weighted by molar-refractivity contribution is 9.10. The lowest BCUT2D eigenvalue weighted by atomic mass is 9.96. The lowest BCUT2D eigenvalue weighted by Crippen LogP contribution is -2.37. The topological polar surface area (TPSA) is 15.3 Å². The van der Waals surface area contributed by atoms with Crippen molar-refractivity contribution in [2.45, 2.75) is 32.7 Å². The van der Waals surface area contributed by atoms with Crippen LogP contribution in [-0.4, -0.2) is 31.1 Å². The highest BCUT2D eigenvalue weighted by Crippen LogP contribution is 2.24. The van der Waals surface area contributed by atoms with E-state index < -0.39 is 0 Å². The smallest absolute Gasteiger partial charge is 0.137 e. The quantitative estimate of drug-likeness (QED) is 0.791. The molecule has 1 aliphatic heterocycles. The highest BCUT2D eigenvalue weighted by Gasteiger charge is 2.19. The first kappa shape index (κ1) is 15.9. The molecule has 1 aromatic carbocycles. The zero-order chi connectivity index (χ0) is 14.4. The predicted octanol–water partition coefficient (Wildman–Crippen LogP) is 3.80. The Labute approximate surface area is 129 Å². The average molecular weight is 343 g/mol. The minimum absolute atomic E-state index is 0.166. The second kappa shape index (κ2) is 8.11. The zero-order valence-corrected chi connectivity index (χ0v) is 13.8. The first-order valence-corrected chi connectivity index (χ1v) is 8.36. The van der Waals surface area contributed by atoms with Crippen molar-refractivity contribution in [1.82, 2.24) is 10.2 Å². The van der Waals surface area contributed by atoms with Crippen molar-refractivity contribution < 1.29 is 4.39 Å². The summed E-state index contributed by atoms with van der Waals surface area (Å²) in [4.78, 5) is 2.43. The summed E-state index contributed by atoms with van der Waals surface area (Å²) in [6.45, 7) is 7.53. The second-order valence-electron chi connectivity index (χ2n) is 5.64. The second-order valence-corrected chi connectivity index (χ2v) is 6.43. The molecule has 1 heterocycles. The van der Waals surface area contributed by atoms with E-state index in [2.05, 4.69) is 33.1 Å². The minimum Gasteiger partial charge on any atom is -0.316 e. The Hall–Kier alpha value is -0.450. The molecular formula is C16H24BrFN2.